The second-order valence-corrected chi connectivity index (χ2v) is 6.33. The van der Waals surface area contributed by atoms with Gasteiger partial charge in [0.2, 0.25) is 0 Å². The molecule has 0 saturated carbocycles. The molecule has 0 amide bonds. The minimum Gasteiger partial charge on any atom is -0.476 e. The van der Waals surface area contributed by atoms with Crippen molar-refractivity contribution < 1.29 is 9.84 Å². The molecule has 0 spiro atoms. The van der Waals surface area contributed by atoms with E-state index < -0.39 is 11.7 Å². The van der Waals surface area contributed by atoms with E-state index in [4.69, 9.17) is 10.00 Å². The van der Waals surface area contributed by atoms with Crippen molar-refractivity contribution in [1.29, 1.82) is 5.26 Å². The van der Waals surface area contributed by atoms with Crippen molar-refractivity contribution in [3.8, 4) is 11.8 Å². The summed E-state index contributed by atoms with van der Waals surface area (Å²) in [4.78, 5) is 0. The minimum absolute atomic E-state index is 0.453. The molecule has 4 heteroatoms. The minimum atomic E-state index is -0.776. The van der Waals surface area contributed by atoms with Crippen LogP contribution in [0, 0.1) is 11.3 Å². The molecule has 2 atom stereocenters. The van der Waals surface area contributed by atoms with Gasteiger partial charge in [0.25, 0.3) is 0 Å². The number of fused-ring (bicyclic) bond motifs is 1. The van der Waals surface area contributed by atoms with E-state index in [0.717, 1.165) is 24.0 Å². The van der Waals surface area contributed by atoms with Gasteiger partial charge in [-0.1, -0.05) is 36.4 Å². The molecule has 0 heterocycles. The van der Waals surface area contributed by atoms with Gasteiger partial charge in [-0.25, -0.2) is 0 Å². The standard InChI is InChI=1S/C20H22N2O2/c1-15(12-21)24-18-8-6-16(7-9-18)13-22-14-20(23)11-10-17-4-2-3-5-19(17)20/h2-9,15,22-23H,10-11,13-14H2,1H3. The molecule has 0 fully saturated rings. The molecule has 0 aliphatic heterocycles. The van der Waals surface area contributed by atoms with Crippen molar-refractivity contribution in [1.82, 2.24) is 5.32 Å². The number of hydrogen-bond acceptors (Lipinski definition) is 4. The molecule has 3 rings (SSSR count). The second kappa shape index (κ2) is 7.04. The average molecular weight is 322 g/mol. The van der Waals surface area contributed by atoms with E-state index >= 15 is 0 Å². The second-order valence-electron chi connectivity index (χ2n) is 6.33. The van der Waals surface area contributed by atoms with Gasteiger partial charge in [0.05, 0.1) is 0 Å². The first-order valence-corrected chi connectivity index (χ1v) is 8.27. The van der Waals surface area contributed by atoms with E-state index in [1.54, 1.807) is 6.92 Å². The van der Waals surface area contributed by atoms with Crippen molar-refractivity contribution in [2.45, 2.75) is 38.0 Å². The first-order chi connectivity index (χ1) is 11.6. The van der Waals surface area contributed by atoms with Gasteiger partial charge in [-0.3, -0.25) is 0 Å². The monoisotopic (exact) mass is 322 g/mol. The number of nitriles is 1. The fourth-order valence-electron chi connectivity index (χ4n) is 3.18. The summed E-state index contributed by atoms with van der Waals surface area (Å²) in [6.45, 7) is 2.93. The van der Waals surface area contributed by atoms with Crippen LogP contribution in [0.25, 0.3) is 0 Å². The highest BCUT2D eigenvalue weighted by Gasteiger charge is 2.35. The van der Waals surface area contributed by atoms with Crippen LogP contribution in [-0.2, 0) is 18.6 Å². The van der Waals surface area contributed by atoms with Crippen LogP contribution < -0.4 is 10.1 Å². The summed E-state index contributed by atoms with van der Waals surface area (Å²) in [7, 11) is 0. The van der Waals surface area contributed by atoms with Gasteiger partial charge in [-0.2, -0.15) is 5.26 Å². The third-order valence-corrected chi connectivity index (χ3v) is 4.49. The number of ether oxygens (including phenoxy) is 1. The molecule has 0 bridgehead atoms. The summed E-state index contributed by atoms with van der Waals surface area (Å²) in [6.07, 6.45) is 1.24. The number of nitrogens with one attached hydrogen (secondary N) is 1. The van der Waals surface area contributed by atoms with Gasteiger partial charge in [-0.05, 0) is 48.6 Å². The van der Waals surface area contributed by atoms with Crippen LogP contribution in [-0.4, -0.2) is 17.8 Å². The predicted octanol–water partition coefficient (Wildman–Crippen LogP) is 2.90. The lowest BCUT2D eigenvalue weighted by atomic mass is 9.96. The Balaban J connectivity index is 1.55. The van der Waals surface area contributed by atoms with Gasteiger partial charge >= 0.3 is 0 Å². The molecule has 0 saturated heterocycles. The fourth-order valence-corrected chi connectivity index (χ4v) is 3.18. The van der Waals surface area contributed by atoms with E-state index in [-0.39, 0.29) is 0 Å². The molecule has 124 valence electrons. The maximum absolute atomic E-state index is 10.9. The summed E-state index contributed by atoms with van der Waals surface area (Å²) in [5, 5.41) is 23.0. The van der Waals surface area contributed by atoms with Gasteiger partial charge < -0.3 is 15.2 Å². The Morgan fingerprint density at radius 1 is 1.25 bits per heavy atom. The highest BCUT2D eigenvalue weighted by molar-refractivity contribution is 5.37. The van der Waals surface area contributed by atoms with Gasteiger partial charge in [0.15, 0.2) is 6.10 Å². The quantitative estimate of drug-likeness (QED) is 0.858. The Hall–Kier alpha value is -2.35. The predicted molar refractivity (Wildman–Crippen MR) is 92.5 cm³/mol. The summed E-state index contributed by atoms with van der Waals surface area (Å²) in [5.41, 5.74) is 2.63. The average Bonchev–Trinajstić information content (AvgIpc) is 2.94. The van der Waals surface area contributed by atoms with Crippen LogP contribution >= 0.6 is 0 Å². The van der Waals surface area contributed by atoms with E-state index in [1.165, 1.54) is 5.56 Å². The SMILES string of the molecule is CC(C#N)Oc1ccc(CNCC2(O)CCc3ccccc32)cc1. The van der Waals surface area contributed by atoms with Crippen molar-refractivity contribution >= 4 is 0 Å². The van der Waals surface area contributed by atoms with E-state index in [1.807, 2.05) is 48.5 Å². The topological polar surface area (TPSA) is 65.3 Å². The summed E-state index contributed by atoms with van der Waals surface area (Å²) in [5.74, 6) is 0.691. The zero-order valence-electron chi connectivity index (χ0n) is 13.8. The molecule has 1 aliphatic carbocycles. The zero-order valence-corrected chi connectivity index (χ0v) is 13.8. The van der Waals surface area contributed by atoms with Crippen LogP contribution in [0.4, 0.5) is 0 Å². The molecule has 4 nitrogen and oxygen atoms in total. The normalized spacial score (nSPS) is 20.2. The number of benzene rings is 2. The molecular weight excluding hydrogens is 300 g/mol. The lowest BCUT2D eigenvalue weighted by molar-refractivity contribution is 0.0384. The Kier molecular flexibility index (Phi) is 4.84. The summed E-state index contributed by atoms with van der Waals surface area (Å²) in [6, 6.07) is 17.8. The molecule has 0 aromatic heterocycles. The van der Waals surface area contributed by atoms with Crippen LogP contribution in [0.5, 0.6) is 5.75 Å². The molecule has 2 aromatic carbocycles. The van der Waals surface area contributed by atoms with Crippen molar-refractivity contribution in [3.05, 3.63) is 65.2 Å². The number of aliphatic hydroxyl groups is 1. The van der Waals surface area contributed by atoms with Crippen LogP contribution in [0.3, 0.4) is 0 Å². The number of rotatable bonds is 6. The van der Waals surface area contributed by atoms with Gasteiger partial charge in [0, 0.05) is 13.1 Å². The Labute approximate surface area is 142 Å². The van der Waals surface area contributed by atoms with Crippen LogP contribution in [0.1, 0.15) is 30.0 Å². The lowest BCUT2D eigenvalue weighted by Crippen LogP contribution is -2.35. The van der Waals surface area contributed by atoms with Crippen LogP contribution in [0.15, 0.2) is 48.5 Å². The van der Waals surface area contributed by atoms with E-state index in [0.29, 0.717) is 18.8 Å². The lowest BCUT2D eigenvalue weighted by Gasteiger charge is -2.24. The van der Waals surface area contributed by atoms with E-state index in [2.05, 4.69) is 11.4 Å². The highest BCUT2D eigenvalue weighted by Crippen LogP contribution is 2.36. The van der Waals surface area contributed by atoms with Gasteiger partial charge in [-0.15, -0.1) is 0 Å². The maximum atomic E-state index is 10.9. The first kappa shape index (κ1) is 16.5. The number of hydrogen-bond donors (Lipinski definition) is 2. The van der Waals surface area contributed by atoms with Crippen molar-refractivity contribution in [2.75, 3.05) is 6.54 Å². The van der Waals surface area contributed by atoms with E-state index in [9.17, 15) is 5.11 Å². The summed E-state index contributed by atoms with van der Waals surface area (Å²) >= 11 is 0. The van der Waals surface area contributed by atoms with Crippen LogP contribution in [0.2, 0.25) is 0 Å². The molecule has 2 unspecified atom stereocenters. The number of nitrogens with zero attached hydrogens (tertiary/aromatic N) is 1. The van der Waals surface area contributed by atoms with Gasteiger partial charge in [0.1, 0.15) is 17.4 Å². The smallest absolute Gasteiger partial charge is 0.181 e. The molecule has 2 aromatic rings. The summed E-state index contributed by atoms with van der Waals surface area (Å²) < 4.78 is 5.44. The molecule has 0 radical (unpaired) electrons. The van der Waals surface area contributed by atoms with Crippen molar-refractivity contribution in [2.24, 2.45) is 0 Å². The Morgan fingerprint density at radius 3 is 2.75 bits per heavy atom. The third kappa shape index (κ3) is 3.59. The highest BCUT2D eigenvalue weighted by atomic mass is 16.5. The number of aryl methyl sites for hydroxylation is 1. The fraction of sp³-hybridized carbons (Fsp3) is 0.350. The molecular formula is C20H22N2O2. The molecule has 1 aliphatic rings. The zero-order chi connectivity index (χ0) is 17.0. The van der Waals surface area contributed by atoms with Crippen molar-refractivity contribution in [3.63, 3.8) is 0 Å². The maximum Gasteiger partial charge on any atom is 0.181 e. The largest absolute Gasteiger partial charge is 0.476 e. The molecule has 24 heavy (non-hydrogen) atoms. The Bertz CT molecular complexity index is 736. The first-order valence-electron chi connectivity index (χ1n) is 8.27. The molecule has 2 N–H and O–H groups in total. The Morgan fingerprint density at radius 2 is 2.00 bits per heavy atom. The third-order valence-electron chi connectivity index (χ3n) is 4.49.